The van der Waals surface area contributed by atoms with Crippen LogP contribution in [0.3, 0.4) is 0 Å². The van der Waals surface area contributed by atoms with Gasteiger partial charge < -0.3 is 15.7 Å². The molecular formula is C19H25N3OS. The quantitative estimate of drug-likeness (QED) is 0.298. The van der Waals surface area contributed by atoms with Crippen molar-refractivity contribution in [1.29, 1.82) is 0 Å². The summed E-state index contributed by atoms with van der Waals surface area (Å²) in [6.45, 7) is 4.44. The van der Waals surface area contributed by atoms with Gasteiger partial charge in [-0.25, -0.2) is 0 Å². The van der Waals surface area contributed by atoms with E-state index in [1.165, 1.54) is 4.90 Å². The third-order valence-electron chi connectivity index (χ3n) is 3.33. The van der Waals surface area contributed by atoms with Crippen molar-refractivity contribution in [3.05, 3.63) is 60.2 Å². The summed E-state index contributed by atoms with van der Waals surface area (Å²) in [5.41, 5.74) is 1.09. The zero-order valence-electron chi connectivity index (χ0n) is 14.0. The third kappa shape index (κ3) is 6.96. The SMILES string of the molecule is CCNC(=NCCc1cccc(O)c1)NCCSc1ccccc1. The molecule has 2 aromatic rings. The summed E-state index contributed by atoms with van der Waals surface area (Å²) in [4.78, 5) is 5.87. The maximum atomic E-state index is 9.48. The molecule has 3 N–H and O–H groups in total. The Morgan fingerprint density at radius 3 is 2.67 bits per heavy atom. The summed E-state index contributed by atoms with van der Waals surface area (Å²) in [7, 11) is 0. The highest BCUT2D eigenvalue weighted by Gasteiger charge is 1.99. The highest BCUT2D eigenvalue weighted by molar-refractivity contribution is 7.99. The predicted molar refractivity (Wildman–Crippen MR) is 103 cm³/mol. The lowest BCUT2D eigenvalue weighted by Gasteiger charge is -2.11. The van der Waals surface area contributed by atoms with E-state index >= 15 is 0 Å². The van der Waals surface area contributed by atoms with Gasteiger partial charge in [-0.05, 0) is 43.2 Å². The van der Waals surface area contributed by atoms with Crippen molar-refractivity contribution in [2.75, 3.05) is 25.4 Å². The zero-order valence-corrected chi connectivity index (χ0v) is 14.9. The topological polar surface area (TPSA) is 56.7 Å². The molecule has 0 radical (unpaired) electrons. The lowest BCUT2D eigenvalue weighted by Crippen LogP contribution is -2.38. The number of hydrogen-bond acceptors (Lipinski definition) is 3. The molecule has 0 aliphatic carbocycles. The van der Waals surface area contributed by atoms with Crippen LogP contribution < -0.4 is 10.6 Å². The fraction of sp³-hybridized carbons (Fsp3) is 0.316. The van der Waals surface area contributed by atoms with E-state index in [9.17, 15) is 5.11 Å². The predicted octanol–water partition coefficient (Wildman–Crippen LogP) is 3.28. The fourth-order valence-electron chi connectivity index (χ4n) is 2.21. The van der Waals surface area contributed by atoms with Gasteiger partial charge in [-0.3, -0.25) is 4.99 Å². The molecule has 128 valence electrons. The molecule has 4 nitrogen and oxygen atoms in total. The van der Waals surface area contributed by atoms with Crippen LogP contribution in [-0.2, 0) is 6.42 Å². The number of hydrogen-bond donors (Lipinski definition) is 3. The monoisotopic (exact) mass is 343 g/mol. The Kier molecular flexibility index (Phi) is 8.04. The number of rotatable bonds is 8. The van der Waals surface area contributed by atoms with Crippen molar-refractivity contribution in [2.45, 2.75) is 18.2 Å². The Morgan fingerprint density at radius 2 is 1.92 bits per heavy atom. The molecule has 0 unspecified atom stereocenters. The lowest BCUT2D eigenvalue weighted by atomic mass is 10.1. The number of thioether (sulfide) groups is 1. The largest absolute Gasteiger partial charge is 0.508 e. The normalized spacial score (nSPS) is 11.3. The summed E-state index contributed by atoms with van der Waals surface area (Å²) < 4.78 is 0. The summed E-state index contributed by atoms with van der Waals surface area (Å²) >= 11 is 1.83. The zero-order chi connectivity index (χ0) is 17.0. The molecule has 0 fully saturated rings. The molecule has 0 aromatic heterocycles. The lowest BCUT2D eigenvalue weighted by molar-refractivity contribution is 0.474. The fourth-order valence-corrected chi connectivity index (χ4v) is 2.99. The minimum absolute atomic E-state index is 0.305. The van der Waals surface area contributed by atoms with Gasteiger partial charge in [-0.1, -0.05) is 30.3 Å². The van der Waals surface area contributed by atoms with Crippen LogP contribution in [0.25, 0.3) is 0 Å². The van der Waals surface area contributed by atoms with E-state index in [-0.39, 0.29) is 0 Å². The molecule has 0 spiro atoms. The smallest absolute Gasteiger partial charge is 0.191 e. The standard InChI is InChI=1S/C19H25N3OS/c1-2-20-19(21-12-11-16-7-6-8-17(23)15-16)22-13-14-24-18-9-4-3-5-10-18/h3-10,15,23H,2,11-14H2,1H3,(H2,20,21,22). The molecule has 2 rings (SSSR count). The van der Waals surface area contributed by atoms with Gasteiger partial charge in [-0.2, -0.15) is 0 Å². The minimum atomic E-state index is 0.305. The molecule has 0 saturated carbocycles. The van der Waals surface area contributed by atoms with Gasteiger partial charge in [0.15, 0.2) is 5.96 Å². The molecular weight excluding hydrogens is 318 g/mol. The highest BCUT2D eigenvalue weighted by Crippen LogP contribution is 2.15. The Morgan fingerprint density at radius 1 is 1.08 bits per heavy atom. The number of guanidine groups is 1. The number of aliphatic imine (C=N–C) groups is 1. The van der Waals surface area contributed by atoms with E-state index in [4.69, 9.17) is 0 Å². The van der Waals surface area contributed by atoms with Crippen LogP contribution in [0, 0.1) is 0 Å². The van der Waals surface area contributed by atoms with Crippen LogP contribution in [0.15, 0.2) is 64.5 Å². The molecule has 0 bridgehead atoms. The summed E-state index contributed by atoms with van der Waals surface area (Å²) in [5, 5.41) is 16.1. The van der Waals surface area contributed by atoms with Crippen LogP contribution in [0.1, 0.15) is 12.5 Å². The van der Waals surface area contributed by atoms with Crippen molar-refractivity contribution in [3.8, 4) is 5.75 Å². The maximum Gasteiger partial charge on any atom is 0.191 e. The number of benzene rings is 2. The van der Waals surface area contributed by atoms with Crippen molar-refractivity contribution in [3.63, 3.8) is 0 Å². The Balaban J connectivity index is 1.73. The van der Waals surface area contributed by atoms with Crippen molar-refractivity contribution in [2.24, 2.45) is 4.99 Å². The minimum Gasteiger partial charge on any atom is -0.508 e. The first-order chi connectivity index (χ1) is 11.8. The number of phenolic OH excluding ortho intramolecular Hbond substituents is 1. The first kappa shape index (κ1) is 18.2. The number of nitrogens with zero attached hydrogens (tertiary/aromatic N) is 1. The van der Waals surface area contributed by atoms with Crippen molar-refractivity contribution in [1.82, 2.24) is 10.6 Å². The molecule has 0 aliphatic rings. The Bertz CT molecular complexity index is 632. The van der Waals surface area contributed by atoms with E-state index < -0.39 is 0 Å². The molecule has 24 heavy (non-hydrogen) atoms. The van der Waals surface area contributed by atoms with E-state index in [1.807, 2.05) is 30.0 Å². The van der Waals surface area contributed by atoms with Gasteiger partial charge in [0.1, 0.15) is 5.75 Å². The van der Waals surface area contributed by atoms with Gasteiger partial charge in [0.2, 0.25) is 0 Å². The number of nitrogens with one attached hydrogen (secondary N) is 2. The summed E-state index contributed by atoms with van der Waals surface area (Å²) in [6.07, 6.45) is 0.809. The van der Waals surface area contributed by atoms with Crippen molar-refractivity contribution >= 4 is 17.7 Å². The molecule has 0 atom stereocenters. The highest BCUT2D eigenvalue weighted by atomic mass is 32.2. The van der Waals surface area contributed by atoms with Crippen LogP contribution in [0.2, 0.25) is 0 Å². The van der Waals surface area contributed by atoms with Crippen LogP contribution in [0.5, 0.6) is 5.75 Å². The number of aromatic hydroxyl groups is 1. The molecule has 2 aromatic carbocycles. The average molecular weight is 343 g/mol. The second-order valence-corrected chi connectivity index (χ2v) is 6.44. The van der Waals surface area contributed by atoms with Gasteiger partial charge in [0, 0.05) is 30.3 Å². The Labute approximate surface area is 148 Å². The Hall–Kier alpha value is -2.14. The summed E-state index contributed by atoms with van der Waals surface area (Å²) in [5.74, 6) is 2.13. The van der Waals surface area contributed by atoms with Gasteiger partial charge in [-0.15, -0.1) is 11.8 Å². The number of phenols is 1. The average Bonchev–Trinajstić information content (AvgIpc) is 2.59. The van der Waals surface area contributed by atoms with E-state index in [2.05, 4.69) is 46.8 Å². The summed E-state index contributed by atoms with van der Waals surface area (Å²) in [6, 6.07) is 17.7. The van der Waals surface area contributed by atoms with Crippen molar-refractivity contribution < 1.29 is 5.11 Å². The van der Waals surface area contributed by atoms with Gasteiger partial charge >= 0.3 is 0 Å². The molecule has 0 aliphatic heterocycles. The van der Waals surface area contributed by atoms with Gasteiger partial charge in [0.05, 0.1) is 0 Å². The second kappa shape index (κ2) is 10.6. The molecule has 0 saturated heterocycles. The second-order valence-electron chi connectivity index (χ2n) is 5.27. The maximum absolute atomic E-state index is 9.48. The molecule has 0 amide bonds. The van der Waals surface area contributed by atoms with Crippen LogP contribution >= 0.6 is 11.8 Å². The van der Waals surface area contributed by atoms with E-state index in [0.717, 1.165) is 36.8 Å². The molecule has 0 heterocycles. The van der Waals surface area contributed by atoms with Crippen LogP contribution in [-0.4, -0.2) is 36.5 Å². The van der Waals surface area contributed by atoms with Gasteiger partial charge in [0.25, 0.3) is 0 Å². The van der Waals surface area contributed by atoms with E-state index in [0.29, 0.717) is 12.3 Å². The van der Waals surface area contributed by atoms with E-state index in [1.54, 1.807) is 12.1 Å². The first-order valence-electron chi connectivity index (χ1n) is 8.26. The third-order valence-corrected chi connectivity index (χ3v) is 4.35. The molecule has 5 heteroatoms. The first-order valence-corrected chi connectivity index (χ1v) is 9.24. The van der Waals surface area contributed by atoms with Crippen LogP contribution in [0.4, 0.5) is 0 Å².